The van der Waals surface area contributed by atoms with Crippen molar-refractivity contribution in [3.05, 3.63) is 88.7 Å². The number of nitrogens with one attached hydrogen (secondary N) is 1. The first-order valence-corrected chi connectivity index (χ1v) is 8.34. The van der Waals surface area contributed by atoms with Crippen LogP contribution in [0.1, 0.15) is 5.69 Å². The van der Waals surface area contributed by atoms with Crippen LogP contribution in [0, 0.1) is 6.92 Å². The van der Waals surface area contributed by atoms with Gasteiger partial charge in [0.25, 0.3) is 0 Å². The van der Waals surface area contributed by atoms with Crippen LogP contribution in [0.15, 0.2) is 77.6 Å². The number of para-hydroxylation sites is 2. The molecule has 0 aliphatic rings. The van der Waals surface area contributed by atoms with E-state index in [-0.39, 0.29) is 5.43 Å². The quantitative estimate of drug-likeness (QED) is 0.590. The van der Waals surface area contributed by atoms with E-state index in [1.807, 2.05) is 72.2 Å². The van der Waals surface area contributed by atoms with Crippen molar-refractivity contribution in [3.63, 3.8) is 0 Å². The fraction of sp³-hybridized carbons (Fsp3) is 0.0476. The average molecular weight is 342 g/mol. The highest BCUT2D eigenvalue weighted by Crippen LogP contribution is 2.25. The lowest BCUT2D eigenvalue weighted by Crippen LogP contribution is -2.14. The Morgan fingerprint density at radius 3 is 2.31 bits per heavy atom. The molecule has 0 atom stereocenters. The molecule has 0 saturated heterocycles. The van der Waals surface area contributed by atoms with Crippen molar-refractivity contribution in [2.75, 3.05) is 11.1 Å². The first kappa shape index (κ1) is 15.9. The highest BCUT2D eigenvalue weighted by Gasteiger charge is 2.14. The number of rotatable bonds is 3. The van der Waals surface area contributed by atoms with Crippen LogP contribution in [0.25, 0.3) is 16.7 Å². The fourth-order valence-corrected chi connectivity index (χ4v) is 2.94. The van der Waals surface area contributed by atoms with Crippen molar-refractivity contribution in [2.24, 2.45) is 0 Å². The van der Waals surface area contributed by atoms with Crippen molar-refractivity contribution < 1.29 is 0 Å². The molecule has 2 aromatic heterocycles. The molecule has 128 valence electrons. The summed E-state index contributed by atoms with van der Waals surface area (Å²) in [7, 11) is 0. The number of hydrogen-bond donors (Lipinski definition) is 2. The second-order valence-electron chi connectivity index (χ2n) is 6.09. The summed E-state index contributed by atoms with van der Waals surface area (Å²) in [6.45, 7) is 1.84. The van der Waals surface area contributed by atoms with Gasteiger partial charge in [-0.05, 0) is 37.3 Å². The maximum Gasteiger partial charge on any atom is 0.193 e. The molecule has 2 aromatic carbocycles. The van der Waals surface area contributed by atoms with Crippen LogP contribution in [-0.2, 0) is 0 Å². The summed E-state index contributed by atoms with van der Waals surface area (Å²) < 4.78 is 1.94. The Balaban J connectivity index is 2.04. The van der Waals surface area contributed by atoms with E-state index >= 15 is 0 Å². The number of nitrogens with two attached hydrogens (primary N) is 1. The normalized spacial score (nSPS) is 10.8. The second kappa shape index (κ2) is 6.37. The summed E-state index contributed by atoms with van der Waals surface area (Å²) in [4.78, 5) is 17.3. The van der Waals surface area contributed by atoms with Crippen LogP contribution in [-0.4, -0.2) is 9.55 Å². The molecule has 5 nitrogen and oxygen atoms in total. The molecule has 0 spiro atoms. The summed E-state index contributed by atoms with van der Waals surface area (Å²) in [5, 5.41) is 3.83. The molecule has 2 heterocycles. The number of nitrogens with zero attached hydrogens (tertiary/aromatic N) is 2. The van der Waals surface area contributed by atoms with Gasteiger partial charge in [-0.15, -0.1) is 0 Å². The molecular formula is C21H18N4O. The predicted octanol–water partition coefficient (Wildman–Crippen LogP) is 4.02. The Kier molecular flexibility index (Phi) is 3.89. The average Bonchev–Trinajstić information content (AvgIpc) is 2.65. The minimum absolute atomic E-state index is 0.121. The van der Waals surface area contributed by atoms with Crippen LogP contribution in [0.3, 0.4) is 0 Å². The van der Waals surface area contributed by atoms with Crippen LogP contribution in [0.5, 0.6) is 0 Å². The largest absolute Gasteiger partial charge is 0.397 e. The third-order valence-corrected chi connectivity index (χ3v) is 4.28. The number of benzene rings is 2. The minimum atomic E-state index is -0.121. The lowest BCUT2D eigenvalue weighted by atomic mass is 10.2. The molecule has 0 unspecified atom stereocenters. The molecule has 0 amide bonds. The zero-order valence-corrected chi connectivity index (χ0v) is 14.3. The van der Waals surface area contributed by atoms with Gasteiger partial charge < -0.3 is 11.1 Å². The monoisotopic (exact) mass is 342 g/mol. The molecule has 0 aliphatic heterocycles. The highest BCUT2D eigenvalue weighted by atomic mass is 16.1. The smallest absolute Gasteiger partial charge is 0.193 e. The SMILES string of the molecule is Cc1nc2c(cc1N)c(=O)cc(Nc1ccccc1)n2-c1ccccc1. The molecule has 0 fully saturated rings. The van der Waals surface area contributed by atoms with E-state index in [4.69, 9.17) is 5.73 Å². The standard InChI is InChI=1S/C21H18N4O/c1-14-18(22)12-17-19(26)13-20(24-15-8-4-2-5-9-15)25(21(17)23-14)16-10-6-3-7-11-16/h2-13,24H,22H2,1H3. The lowest BCUT2D eigenvalue weighted by molar-refractivity contribution is 1.05. The number of aryl methyl sites for hydroxylation is 1. The van der Waals surface area contributed by atoms with E-state index in [9.17, 15) is 4.79 Å². The molecule has 4 aromatic rings. The molecule has 0 aliphatic carbocycles. The van der Waals surface area contributed by atoms with Crippen molar-refractivity contribution in [3.8, 4) is 5.69 Å². The van der Waals surface area contributed by atoms with E-state index in [1.54, 1.807) is 12.1 Å². The Labute approximate surface area is 150 Å². The molecular weight excluding hydrogens is 324 g/mol. The number of pyridine rings is 2. The van der Waals surface area contributed by atoms with Gasteiger partial charge in [0, 0.05) is 17.4 Å². The number of nitrogen functional groups attached to an aromatic ring is 1. The van der Waals surface area contributed by atoms with Crippen molar-refractivity contribution in [1.82, 2.24) is 9.55 Å². The molecule has 5 heteroatoms. The van der Waals surface area contributed by atoms with E-state index in [0.29, 0.717) is 28.2 Å². The molecule has 0 saturated carbocycles. The zero-order chi connectivity index (χ0) is 18.1. The number of anilines is 3. The Bertz CT molecular complexity index is 1140. The molecule has 0 bridgehead atoms. The van der Waals surface area contributed by atoms with Gasteiger partial charge in [-0.1, -0.05) is 36.4 Å². The van der Waals surface area contributed by atoms with Crippen molar-refractivity contribution in [2.45, 2.75) is 6.92 Å². The molecule has 26 heavy (non-hydrogen) atoms. The summed E-state index contributed by atoms with van der Waals surface area (Å²) in [6, 6.07) is 22.8. The van der Waals surface area contributed by atoms with Crippen LogP contribution >= 0.6 is 0 Å². The van der Waals surface area contributed by atoms with Gasteiger partial charge in [0.2, 0.25) is 0 Å². The predicted molar refractivity (Wildman–Crippen MR) is 106 cm³/mol. The van der Waals surface area contributed by atoms with Crippen LogP contribution in [0.2, 0.25) is 0 Å². The van der Waals surface area contributed by atoms with Gasteiger partial charge in [0.15, 0.2) is 5.43 Å². The van der Waals surface area contributed by atoms with E-state index in [1.165, 1.54) is 0 Å². The maximum absolute atomic E-state index is 12.7. The van der Waals surface area contributed by atoms with Crippen LogP contribution < -0.4 is 16.5 Å². The number of hydrogen-bond acceptors (Lipinski definition) is 4. The second-order valence-corrected chi connectivity index (χ2v) is 6.09. The van der Waals surface area contributed by atoms with Gasteiger partial charge in [-0.3, -0.25) is 9.36 Å². The van der Waals surface area contributed by atoms with Crippen LogP contribution in [0.4, 0.5) is 17.2 Å². The molecule has 4 rings (SSSR count). The van der Waals surface area contributed by atoms with Gasteiger partial charge in [0.1, 0.15) is 11.5 Å². The Morgan fingerprint density at radius 2 is 1.62 bits per heavy atom. The number of aromatic nitrogens is 2. The van der Waals surface area contributed by atoms with Gasteiger partial charge >= 0.3 is 0 Å². The Hall–Kier alpha value is -3.60. The maximum atomic E-state index is 12.7. The van der Waals surface area contributed by atoms with Crippen molar-refractivity contribution >= 4 is 28.2 Å². The number of fused-ring (bicyclic) bond motifs is 1. The zero-order valence-electron chi connectivity index (χ0n) is 14.3. The van der Waals surface area contributed by atoms with Gasteiger partial charge in [-0.2, -0.15) is 0 Å². The molecule has 0 radical (unpaired) electrons. The third kappa shape index (κ3) is 2.80. The summed E-state index contributed by atoms with van der Waals surface area (Å²) in [6.07, 6.45) is 0. The fourth-order valence-electron chi connectivity index (χ4n) is 2.94. The topological polar surface area (TPSA) is 72.9 Å². The van der Waals surface area contributed by atoms with Gasteiger partial charge in [-0.25, -0.2) is 4.98 Å². The lowest BCUT2D eigenvalue weighted by Gasteiger charge is -2.18. The molecule has 3 N–H and O–H groups in total. The Morgan fingerprint density at radius 1 is 0.962 bits per heavy atom. The third-order valence-electron chi connectivity index (χ3n) is 4.28. The summed E-state index contributed by atoms with van der Waals surface area (Å²) in [5.41, 5.74) is 9.44. The van der Waals surface area contributed by atoms with E-state index in [2.05, 4.69) is 10.3 Å². The highest BCUT2D eigenvalue weighted by molar-refractivity contribution is 5.83. The van der Waals surface area contributed by atoms with E-state index < -0.39 is 0 Å². The van der Waals surface area contributed by atoms with Crippen molar-refractivity contribution in [1.29, 1.82) is 0 Å². The summed E-state index contributed by atoms with van der Waals surface area (Å²) in [5.74, 6) is 0.650. The first-order chi connectivity index (χ1) is 12.6. The minimum Gasteiger partial charge on any atom is -0.397 e. The summed E-state index contributed by atoms with van der Waals surface area (Å²) >= 11 is 0. The van der Waals surface area contributed by atoms with Gasteiger partial charge in [0.05, 0.1) is 16.8 Å². The first-order valence-electron chi connectivity index (χ1n) is 8.34. The van der Waals surface area contributed by atoms with E-state index in [0.717, 1.165) is 11.4 Å².